The molecule has 2 nitrogen and oxygen atoms in total. The van der Waals surface area contributed by atoms with Crippen molar-refractivity contribution in [3.63, 3.8) is 0 Å². The quantitative estimate of drug-likeness (QED) is 0.581. The molecular formula is C13H15ClO2. The first-order valence-electron chi connectivity index (χ1n) is 5.23. The van der Waals surface area contributed by atoms with Crippen LogP contribution in [0.2, 0.25) is 0 Å². The van der Waals surface area contributed by atoms with E-state index in [2.05, 4.69) is 0 Å². The van der Waals surface area contributed by atoms with Gasteiger partial charge >= 0.3 is 5.97 Å². The standard InChI is InChI=1S/C13H15ClO2/c1-2-16-13(15)5-3-4-11-6-8-12(10-14)9-7-11/h3-4,6-9H,2,5,10H2,1H3. The molecule has 1 aromatic carbocycles. The van der Waals surface area contributed by atoms with Crippen LogP contribution in [0.1, 0.15) is 24.5 Å². The molecule has 0 radical (unpaired) electrons. The molecule has 0 bridgehead atoms. The van der Waals surface area contributed by atoms with Crippen LogP contribution in [0.5, 0.6) is 0 Å². The number of hydrogen-bond acceptors (Lipinski definition) is 2. The zero-order valence-electron chi connectivity index (χ0n) is 9.28. The third-order valence-electron chi connectivity index (χ3n) is 2.03. The van der Waals surface area contributed by atoms with Gasteiger partial charge in [-0.2, -0.15) is 0 Å². The average Bonchev–Trinajstić information content (AvgIpc) is 2.30. The smallest absolute Gasteiger partial charge is 0.309 e. The Morgan fingerprint density at radius 2 is 2.06 bits per heavy atom. The van der Waals surface area contributed by atoms with Crippen LogP contribution in [0.25, 0.3) is 6.08 Å². The highest BCUT2D eigenvalue weighted by Gasteiger charge is 1.96. The molecule has 0 heterocycles. The van der Waals surface area contributed by atoms with Gasteiger partial charge in [-0.25, -0.2) is 0 Å². The lowest BCUT2D eigenvalue weighted by molar-refractivity contribution is -0.142. The molecule has 0 unspecified atom stereocenters. The van der Waals surface area contributed by atoms with Gasteiger partial charge in [0.25, 0.3) is 0 Å². The van der Waals surface area contributed by atoms with Crippen LogP contribution >= 0.6 is 11.6 Å². The van der Waals surface area contributed by atoms with E-state index >= 15 is 0 Å². The highest BCUT2D eigenvalue weighted by atomic mass is 35.5. The number of rotatable bonds is 5. The van der Waals surface area contributed by atoms with Crippen LogP contribution in [-0.4, -0.2) is 12.6 Å². The maximum atomic E-state index is 11.0. The van der Waals surface area contributed by atoms with Crippen LogP contribution in [0, 0.1) is 0 Å². The highest BCUT2D eigenvalue weighted by molar-refractivity contribution is 6.17. The maximum absolute atomic E-state index is 11.0. The predicted octanol–water partition coefficient (Wildman–Crippen LogP) is 3.39. The highest BCUT2D eigenvalue weighted by Crippen LogP contribution is 2.08. The number of ether oxygens (including phenoxy) is 1. The van der Waals surface area contributed by atoms with E-state index < -0.39 is 0 Å². The minimum atomic E-state index is -0.198. The van der Waals surface area contributed by atoms with Crippen LogP contribution < -0.4 is 0 Å². The van der Waals surface area contributed by atoms with Gasteiger partial charge in [-0.1, -0.05) is 36.4 Å². The summed E-state index contributed by atoms with van der Waals surface area (Å²) in [4.78, 5) is 11.0. The Hall–Kier alpha value is -1.28. The van der Waals surface area contributed by atoms with E-state index in [0.717, 1.165) is 11.1 Å². The maximum Gasteiger partial charge on any atom is 0.309 e. The molecule has 0 aliphatic rings. The van der Waals surface area contributed by atoms with Crippen LogP contribution in [-0.2, 0) is 15.4 Å². The van der Waals surface area contributed by atoms with Crippen molar-refractivity contribution < 1.29 is 9.53 Å². The minimum Gasteiger partial charge on any atom is -0.466 e. The molecule has 3 heteroatoms. The summed E-state index contributed by atoms with van der Waals surface area (Å²) >= 11 is 5.68. The zero-order chi connectivity index (χ0) is 11.8. The molecule has 0 aliphatic carbocycles. The number of benzene rings is 1. The van der Waals surface area contributed by atoms with Gasteiger partial charge in [0.2, 0.25) is 0 Å². The summed E-state index contributed by atoms with van der Waals surface area (Å²) < 4.78 is 4.81. The van der Waals surface area contributed by atoms with Crippen LogP contribution in [0.4, 0.5) is 0 Å². The van der Waals surface area contributed by atoms with E-state index in [1.807, 2.05) is 30.3 Å². The van der Waals surface area contributed by atoms with Gasteiger partial charge < -0.3 is 4.74 Å². The third-order valence-corrected chi connectivity index (χ3v) is 2.34. The van der Waals surface area contributed by atoms with Gasteiger partial charge in [-0.05, 0) is 18.1 Å². The van der Waals surface area contributed by atoms with E-state index in [9.17, 15) is 4.79 Å². The fourth-order valence-corrected chi connectivity index (χ4v) is 1.41. The number of alkyl halides is 1. The lowest BCUT2D eigenvalue weighted by Gasteiger charge is -1.98. The zero-order valence-corrected chi connectivity index (χ0v) is 10.0. The van der Waals surface area contributed by atoms with E-state index in [4.69, 9.17) is 16.3 Å². The van der Waals surface area contributed by atoms with E-state index in [0.29, 0.717) is 18.9 Å². The normalized spacial score (nSPS) is 10.6. The SMILES string of the molecule is CCOC(=O)CC=Cc1ccc(CCl)cc1. The average molecular weight is 239 g/mol. The predicted molar refractivity (Wildman–Crippen MR) is 66.3 cm³/mol. The van der Waals surface area contributed by atoms with Crippen molar-refractivity contribution in [2.24, 2.45) is 0 Å². The minimum absolute atomic E-state index is 0.198. The Morgan fingerprint density at radius 3 is 2.62 bits per heavy atom. The molecule has 0 fully saturated rings. The summed E-state index contributed by atoms with van der Waals surface area (Å²) in [5.74, 6) is 0.323. The first-order valence-corrected chi connectivity index (χ1v) is 5.76. The lowest BCUT2D eigenvalue weighted by atomic mass is 10.1. The van der Waals surface area contributed by atoms with Crippen molar-refractivity contribution in [2.75, 3.05) is 6.61 Å². The van der Waals surface area contributed by atoms with Gasteiger partial charge in [0.1, 0.15) is 0 Å². The second-order valence-electron chi connectivity index (χ2n) is 3.29. The molecule has 1 aromatic rings. The number of hydrogen-bond donors (Lipinski definition) is 0. The lowest BCUT2D eigenvalue weighted by Crippen LogP contribution is -2.01. The number of carbonyl (C=O) groups excluding carboxylic acids is 1. The summed E-state index contributed by atoms with van der Waals surface area (Å²) in [5, 5.41) is 0. The Morgan fingerprint density at radius 1 is 1.38 bits per heavy atom. The molecule has 0 N–H and O–H groups in total. The molecule has 1 rings (SSSR count). The second-order valence-corrected chi connectivity index (χ2v) is 3.55. The Bertz CT molecular complexity index is 355. The fraction of sp³-hybridized carbons (Fsp3) is 0.308. The van der Waals surface area contributed by atoms with Gasteiger partial charge in [-0.3, -0.25) is 4.79 Å². The first kappa shape index (κ1) is 12.8. The number of esters is 1. The van der Waals surface area contributed by atoms with Crippen molar-refractivity contribution in [3.05, 3.63) is 41.5 Å². The van der Waals surface area contributed by atoms with E-state index in [-0.39, 0.29) is 5.97 Å². The molecule has 0 saturated heterocycles. The molecular weight excluding hydrogens is 224 g/mol. The Labute approximate surface area is 101 Å². The van der Waals surface area contributed by atoms with Crippen LogP contribution in [0.3, 0.4) is 0 Å². The molecule has 0 atom stereocenters. The summed E-state index contributed by atoms with van der Waals surface area (Å²) in [7, 11) is 0. The van der Waals surface area contributed by atoms with Gasteiger partial charge in [-0.15, -0.1) is 11.6 Å². The molecule has 0 amide bonds. The summed E-state index contributed by atoms with van der Waals surface area (Å²) in [5.41, 5.74) is 2.14. The number of halogens is 1. The summed E-state index contributed by atoms with van der Waals surface area (Å²) in [6.07, 6.45) is 4.01. The van der Waals surface area contributed by atoms with Crippen molar-refractivity contribution in [1.29, 1.82) is 0 Å². The van der Waals surface area contributed by atoms with Gasteiger partial charge in [0.05, 0.1) is 13.0 Å². The van der Waals surface area contributed by atoms with Gasteiger partial charge in [0.15, 0.2) is 0 Å². The molecule has 16 heavy (non-hydrogen) atoms. The molecule has 0 saturated carbocycles. The Balaban J connectivity index is 2.46. The molecule has 86 valence electrons. The van der Waals surface area contributed by atoms with E-state index in [1.54, 1.807) is 13.0 Å². The second kappa shape index (κ2) is 7.07. The summed E-state index contributed by atoms with van der Waals surface area (Å²) in [6, 6.07) is 7.88. The third kappa shape index (κ3) is 4.49. The monoisotopic (exact) mass is 238 g/mol. The molecule has 0 spiro atoms. The van der Waals surface area contributed by atoms with E-state index in [1.165, 1.54) is 0 Å². The van der Waals surface area contributed by atoms with Gasteiger partial charge in [0, 0.05) is 5.88 Å². The molecule has 0 aliphatic heterocycles. The summed E-state index contributed by atoms with van der Waals surface area (Å²) in [6.45, 7) is 2.23. The van der Waals surface area contributed by atoms with Crippen molar-refractivity contribution >= 4 is 23.6 Å². The number of carbonyl (C=O) groups is 1. The first-order chi connectivity index (χ1) is 7.76. The topological polar surface area (TPSA) is 26.3 Å². The van der Waals surface area contributed by atoms with Crippen molar-refractivity contribution in [3.8, 4) is 0 Å². The van der Waals surface area contributed by atoms with Crippen molar-refractivity contribution in [1.82, 2.24) is 0 Å². The van der Waals surface area contributed by atoms with Crippen LogP contribution in [0.15, 0.2) is 30.3 Å². The fourth-order valence-electron chi connectivity index (χ4n) is 1.23. The van der Waals surface area contributed by atoms with Crippen molar-refractivity contribution in [2.45, 2.75) is 19.2 Å². The molecule has 0 aromatic heterocycles. The largest absolute Gasteiger partial charge is 0.466 e. The Kier molecular flexibility index (Phi) is 5.65.